The summed E-state index contributed by atoms with van der Waals surface area (Å²) in [7, 11) is 0. The molecule has 1 aromatic carbocycles. The molecule has 0 saturated carbocycles. The molecule has 1 rings (SSSR count). The summed E-state index contributed by atoms with van der Waals surface area (Å²) in [6.07, 6.45) is 0. The summed E-state index contributed by atoms with van der Waals surface area (Å²) in [5.41, 5.74) is 0. The smallest absolute Gasteiger partial charge is 0.174 e. The number of aromatic hydroxyl groups is 2. The van der Waals surface area contributed by atoms with Crippen molar-refractivity contribution in [1.82, 2.24) is 0 Å². The highest BCUT2D eigenvalue weighted by Crippen LogP contribution is 2.34. The minimum Gasteiger partial charge on any atom is -0.504 e. The SMILES string of the molecule is Oc1ccc(F)c(Br)c1O. The Balaban J connectivity index is 3.34. The van der Waals surface area contributed by atoms with Crippen molar-refractivity contribution in [2.75, 3.05) is 0 Å². The fourth-order valence-electron chi connectivity index (χ4n) is 0.530. The van der Waals surface area contributed by atoms with Crippen LogP contribution in [0.4, 0.5) is 4.39 Å². The molecule has 2 nitrogen and oxygen atoms in total. The average molecular weight is 207 g/mol. The molecule has 0 fully saturated rings. The first-order valence-corrected chi connectivity index (χ1v) is 3.28. The maximum Gasteiger partial charge on any atom is 0.174 e. The van der Waals surface area contributed by atoms with Gasteiger partial charge in [0.05, 0.1) is 4.47 Å². The quantitative estimate of drug-likeness (QED) is 0.638. The monoisotopic (exact) mass is 206 g/mol. The van der Waals surface area contributed by atoms with Crippen molar-refractivity contribution in [1.29, 1.82) is 0 Å². The number of phenols is 2. The first-order chi connectivity index (χ1) is 4.63. The van der Waals surface area contributed by atoms with Gasteiger partial charge in [0.25, 0.3) is 0 Å². The molecule has 0 unspecified atom stereocenters. The molecule has 0 atom stereocenters. The van der Waals surface area contributed by atoms with E-state index >= 15 is 0 Å². The summed E-state index contributed by atoms with van der Waals surface area (Å²) < 4.78 is 12.3. The number of hydrogen-bond donors (Lipinski definition) is 2. The van der Waals surface area contributed by atoms with Crippen molar-refractivity contribution in [3.05, 3.63) is 22.4 Å². The van der Waals surface area contributed by atoms with Crippen LogP contribution in [-0.4, -0.2) is 10.2 Å². The van der Waals surface area contributed by atoms with Gasteiger partial charge in [0.15, 0.2) is 11.5 Å². The Labute approximate surface area is 65.1 Å². The van der Waals surface area contributed by atoms with Crippen molar-refractivity contribution >= 4 is 15.9 Å². The van der Waals surface area contributed by atoms with Gasteiger partial charge in [-0.2, -0.15) is 0 Å². The van der Waals surface area contributed by atoms with Crippen molar-refractivity contribution < 1.29 is 14.6 Å². The number of rotatable bonds is 0. The first kappa shape index (κ1) is 7.34. The van der Waals surface area contributed by atoms with E-state index in [2.05, 4.69) is 15.9 Å². The molecule has 0 heterocycles. The summed E-state index contributed by atoms with van der Waals surface area (Å²) >= 11 is 2.74. The van der Waals surface area contributed by atoms with Crippen LogP contribution < -0.4 is 0 Å². The van der Waals surface area contributed by atoms with Crippen molar-refractivity contribution in [2.45, 2.75) is 0 Å². The second kappa shape index (κ2) is 2.46. The second-order valence-corrected chi connectivity index (χ2v) is 2.52. The molecule has 0 radical (unpaired) electrons. The maximum absolute atomic E-state index is 12.4. The van der Waals surface area contributed by atoms with Gasteiger partial charge in [-0.3, -0.25) is 0 Å². The predicted molar refractivity (Wildman–Crippen MR) is 37.4 cm³/mol. The van der Waals surface area contributed by atoms with Crippen LogP contribution in [0.2, 0.25) is 0 Å². The Morgan fingerprint density at radius 1 is 1.30 bits per heavy atom. The molecular weight excluding hydrogens is 203 g/mol. The van der Waals surface area contributed by atoms with Crippen LogP contribution in [0.3, 0.4) is 0 Å². The van der Waals surface area contributed by atoms with Crippen LogP contribution in [-0.2, 0) is 0 Å². The van der Waals surface area contributed by atoms with Gasteiger partial charge in [-0.15, -0.1) is 0 Å². The molecule has 10 heavy (non-hydrogen) atoms. The molecule has 0 spiro atoms. The van der Waals surface area contributed by atoms with Gasteiger partial charge in [-0.25, -0.2) is 4.39 Å². The molecule has 0 saturated heterocycles. The van der Waals surface area contributed by atoms with E-state index in [9.17, 15) is 4.39 Å². The lowest BCUT2D eigenvalue weighted by atomic mass is 10.3. The largest absolute Gasteiger partial charge is 0.504 e. The highest BCUT2D eigenvalue weighted by atomic mass is 79.9. The van der Waals surface area contributed by atoms with E-state index in [4.69, 9.17) is 10.2 Å². The molecule has 0 bridgehead atoms. The zero-order valence-electron chi connectivity index (χ0n) is 4.81. The lowest BCUT2D eigenvalue weighted by molar-refractivity contribution is 0.396. The lowest BCUT2D eigenvalue weighted by Gasteiger charge is -1.99. The van der Waals surface area contributed by atoms with Crippen LogP contribution >= 0.6 is 15.9 Å². The Kier molecular flexibility index (Phi) is 1.80. The van der Waals surface area contributed by atoms with Crippen LogP contribution in [0, 0.1) is 5.82 Å². The zero-order valence-corrected chi connectivity index (χ0v) is 6.39. The Hall–Kier alpha value is -0.770. The summed E-state index contributed by atoms with van der Waals surface area (Å²) in [5.74, 6) is -1.41. The Morgan fingerprint density at radius 2 is 1.90 bits per heavy atom. The van der Waals surface area contributed by atoms with Crippen LogP contribution in [0.5, 0.6) is 11.5 Å². The van der Waals surface area contributed by atoms with E-state index in [1.165, 1.54) is 0 Å². The molecule has 0 aromatic heterocycles. The Bertz CT molecular complexity index is 235. The number of halogens is 2. The van der Waals surface area contributed by atoms with Gasteiger partial charge in [0, 0.05) is 0 Å². The minimum atomic E-state index is -0.602. The zero-order chi connectivity index (χ0) is 7.72. The molecular formula is C6H4BrFO2. The van der Waals surface area contributed by atoms with E-state index in [0.29, 0.717) is 0 Å². The lowest BCUT2D eigenvalue weighted by Crippen LogP contribution is -1.77. The molecule has 4 heteroatoms. The van der Waals surface area contributed by atoms with Gasteiger partial charge >= 0.3 is 0 Å². The fourth-order valence-corrected chi connectivity index (χ4v) is 0.865. The molecule has 1 aromatic rings. The third-order valence-electron chi connectivity index (χ3n) is 1.05. The standard InChI is InChI=1S/C6H4BrFO2/c7-5-3(8)1-2-4(9)6(5)10/h1-2,9-10H. The summed E-state index contributed by atoms with van der Waals surface area (Å²) in [6, 6.07) is 2.13. The van der Waals surface area contributed by atoms with Gasteiger partial charge in [0.2, 0.25) is 0 Å². The molecule has 0 aliphatic rings. The van der Waals surface area contributed by atoms with Crippen LogP contribution in [0.15, 0.2) is 16.6 Å². The fraction of sp³-hybridized carbons (Fsp3) is 0. The molecule has 2 N–H and O–H groups in total. The number of benzene rings is 1. The van der Waals surface area contributed by atoms with Gasteiger partial charge in [-0.05, 0) is 28.1 Å². The van der Waals surface area contributed by atoms with Crippen LogP contribution in [0.25, 0.3) is 0 Å². The summed E-state index contributed by atoms with van der Waals surface area (Å²) in [5, 5.41) is 17.6. The Morgan fingerprint density at radius 3 is 2.40 bits per heavy atom. The molecule has 0 aliphatic heterocycles. The average Bonchev–Trinajstić information content (AvgIpc) is 1.93. The topological polar surface area (TPSA) is 40.5 Å². The summed E-state index contributed by atoms with van der Waals surface area (Å²) in [4.78, 5) is 0. The normalized spacial score (nSPS) is 9.80. The van der Waals surface area contributed by atoms with E-state index in [0.717, 1.165) is 12.1 Å². The third-order valence-corrected chi connectivity index (χ3v) is 1.80. The number of phenolic OH excluding ortho intramolecular Hbond substituents is 2. The van der Waals surface area contributed by atoms with Crippen molar-refractivity contribution in [3.63, 3.8) is 0 Å². The maximum atomic E-state index is 12.4. The third kappa shape index (κ3) is 1.07. The van der Waals surface area contributed by atoms with E-state index in [1.807, 2.05) is 0 Å². The van der Waals surface area contributed by atoms with Crippen molar-refractivity contribution in [3.8, 4) is 11.5 Å². The van der Waals surface area contributed by atoms with Gasteiger partial charge in [-0.1, -0.05) is 0 Å². The van der Waals surface area contributed by atoms with Crippen molar-refractivity contribution in [2.24, 2.45) is 0 Å². The molecule has 0 amide bonds. The first-order valence-electron chi connectivity index (χ1n) is 2.49. The van der Waals surface area contributed by atoms with Gasteiger partial charge < -0.3 is 10.2 Å². The highest BCUT2D eigenvalue weighted by Gasteiger charge is 2.07. The number of hydrogen-bond acceptors (Lipinski definition) is 2. The van der Waals surface area contributed by atoms with Gasteiger partial charge in [0.1, 0.15) is 5.82 Å². The molecule has 54 valence electrons. The van der Waals surface area contributed by atoms with E-state index in [-0.39, 0.29) is 10.2 Å². The minimum absolute atomic E-state index is 0.118. The van der Waals surface area contributed by atoms with Crippen LogP contribution in [0.1, 0.15) is 0 Å². The summed E-state index contributed by atoms with van der Waals surface area (Å²) in [6.45, 7) is 0. The second-order valence-electron chi connectivity index (χ2n) is 1.73. The van der Waals surface area contributed by atoms with E-state index in [1.54, 1.807) is 0 Å². The predicted octanol–water partition coefficient (Wildman–Crippen LogP) is 2.00. The molecule has 0 aliphatic carbocycles. The van der Waals surface area contributed by atoms with E-state index < -0.39 is 11.6 Å². The highest BCUT2D eigenvalue weighted by molar-refractivity contribution is 9.10.